The van der Waals surface area contributed by atoms with E-state index in [4.69, 9.17) is 0 Å². The first kappa shape index (κ1) is 25.4. The molecule has 2 heterocycles. The predicted octanol–water partition coefficient (Wildman–Crippen LogP) is 8.30. The second kappa shape index (κ2) is 10.3. The van der Waals surface area contributed by atoms with Crippen LogP contribution in [0.1, 0.15) is 32.7 Å². The van der Waals surface area contributed by atoms with Crippen molar-refractivity contribution in [3.63, 3.8) is 0 Å². The van der Waals surface area contributed by atoms with Crippen molar-refractivity contribution in [1.29, 1.82) is 5.26 Å². The molecule has 1 atom stereocenters. The normalized spacial score (nSPS) is 16.2. The molecule has 1 amide bonds. The largest absolute Gasteiger partial charge is 0.336 e. The molecule has 1 unspecified atom stereocenters. The van der Waals surface area contributed by atoms with Crippen LogP contribution in [0.15, 0.2) is 118 Å². The highest BCUT2D eigenvalue weighted by atomic mass is 79.9. The summed E-state index contributed by atoms with van der Waals surface area (Å²) in [5.74, 6) is -0.211. The average Bonchev–Trinajstić information content (AvgIpc) is 3.30. The number of carbonyl (C=O) groups excluding carboxylic acids is 1. The summed E-state index contributed by atoms with van der Waals surface area (Å²) in [6.45, 7) is 0.564. The smallest absolute Gasteiger partial charge is 0.259 e. The maximum atomic E-state index is 14.1. The number of carbonyl (C=O) groups is 1. The number of hydrogen-bond acceptors (Lipinski definition) is 2. The fraction of sp³-hybridized carbons (Fsp3) is 0.0909. The Labute approximate surface area is 244 Å². The molecule has 1 aliphatic rings. The van der Waals surface area contributed by atoms with Gasteiger partial charge in [0.15, 0.2) is 5.54 Å². The van der Waals surface area contributed by atoms with Gasteiger partial charge < -0.3 is 4.57 Å². The Hall–Kier alpha value is -3.92. The van der Waals surface area contributed by atoms with E-state index >= 15 is 0 Å². The van der Waals surface area contributed by atoms with E-state index in [1.165, 1.54) is 0 Å². The lowest BCUT2D eigenvalue weighted by Gasteiger charge is -2.40. The van der Waals surface area contributed by atoms with Crippen molar-refractivity contribution in [3.05, 3.63) is 146 Å². The van der Waals surface area contributed by atoms with Crippen LogP contribution >= 0.6 is 31.9 Å². The van der Waals surface area contributed by atoms with Gasteiger partial charge in [-0.25, -0.2) is 0 Å². The molecule has 0 bridgehead atoms. The van der Waals surface area contributed by atoms with Gasteiger partial charge in [-0.15, -0.1) is 0 Å². The minimum Gasteiger partial charge on any atom is -0.336 e. The fourth-order valence-corrected chi connectivity index (χ4v) is 5.97. The number of benzene rings is 4. The highest BCUT2D eigenvalue weighted by Gasteiger charge is 2.47. The van der Waals surface area contributed by atoms with Crippen LogP contribution in [0.25, 0.3) is 17.0 Å². The van der Waals surface area contributed by atoms with Crippen molar-refractivity contribution in [3.8, 4) is 6.07 Å². The molecule has 0 spiro atoms. The van der Waals surface area contributed by atoms with E-state index in [2.05, 4.69) is 66.8 Å². The summed E-state index contributed by atoms with van der Waals surface area (Å²) in [4.78, 5) is 15.7. The quantitative estimate of drug-likeness (QED) is 0.195. The van der Waals surface area contributed by atoms with Crippen LogP contribution < -0.4 is 0 Å². The summed E-state index contributed by atoms with van der Waals surface area (Å²) in [5.41, 5.74) is 4.15. The molecule has 0 N–H and O–H groups in total. The lowest BCUT2D eigenvalue weighted by Crippen LogP contribution is -2.50. The summed E-state index contributed by atoms with van der Waals surface area (Å²) in [6, 6.07) is 36.2. The summed E-state index contributed by atoms with van der Waals surface area (Å²) in [7, 11) is 0. The minimum absolute atomic E-state index is 0.211. The minimum atomic E-state index is -1.28. The Morgan fingerprint density at radius 1 is 0.795 bits per heavy atom. The van der Waals surface area contributed by atoms with Gasteiger partial charge in [0.25, 0.3) is 5.91 Å². The van der Waals surface area contributed by atoms with Crippen LogP contribution in [-0.2, 0) is 18.5 Å². The molecule has 1 aliphatic heterocycles. The highest BCUT2D eigenvalue weighted by molar-refractivity contribution is 9.10. The molecule has 0 aliphatic carbocycles. The van der Waals surface area contributed by atoms with Gasteiger partial charge in [0, 0.05) is 50.1 Å². The molecule has 39 heavy (non-hydrogen) atoms. The molecule has 0 radical (unpaired) electrons. The van der Waals surface area contributed by atoms with Crippen molar-refractivity contribution in [2.24, 2.45) is 0 Å². The Morgan fingerprint density at radius 3 is 2.08 bits per heavy atom. The Morgan fingerprint density at radius 2 is 1.41 bits per heavy atom. The Bertz CT molecular complexity index is 1750. The fourth-order valence-electron chi connectivity index (χ4n) is 5.45. The van der Waals surface area contributed by atoms with Gasteiger partial charge in [-0.3, -0.25) is 9.69 Å². The van der Waals surface area contributed by atoms with Crippen molar-refractivity contribution < 1.29 is 4.79 Å². The SMILES string of the molecule is N#CC1(Cc2ccc(Br)cc2)c2c(c3ccccc3n2Cc2ccc(Br)cc2)C=CN1C(=O)c1ccccc1. The van der Waals surface area contributed by atoms with Gasteiger partial charge in [0.1, 0.15) is 0 Å². The third-order valence-corrected chi connectivity index (χ3v) is 8.31. The molecule has 0 saturated heterocycles. The second-order valence-corrected chi connectivity index (χ2v) is 11.5. The van der Waals surface area contributed by atoms with E-state index in [1.54, 1.807) is 23.2 Å². The van der Waals surface area contributed by atoms with Crippen LogP contribution in [-0.4, -0.2) is 15.4 Å². The predicted molar refractivity (Wildman–Crippen MR) is 162 cm³/mol. The third kappa shape index (κ3) is 4.52. The Kier molecular flexibility index (Phi) is 6.72. The molecule has 4 aromatic carbocycles. The topological polar surface area (TPSA) is 49.0 Å². The van der Waals surface area contributed by atoms with E-state index in [9.17, 15) is 10.1 Å². The molecule has 4 nitrogen and oxygen atoms in total. The number of amides is 1. The third-order valence-electron chi connectivity index (χ3n) is 7.25. The maximum Gasteiger partial charge on any atom is 0.259 e. The van der Waals surface area contributed by atoms with Crippen LogP contribution in [0.3, 0.4) is 0 Å². The van der Waals surface area contributed by atoms with Crippen LogP contribution in [0, 0.1) is 11.3 Å². The van der Waals surface area contributed by atoms with Gasteiger partial charge >= 0.3 is 0 Å². The number of rotatable bonds is 5. The monoisotopic (exact) mass is 635 g/mol. The molecule has 190 valence electrons. The first-order chi connectivity index (χ1) is 19.0. The van der Waals surface area contributed by atoms with Gasteiger partial charge in [0.2, 0.25) is 0 Å². The number of fused-ring (bicyclic) bond motifs is 3. The molecular weight excluding hydrogens is 614 g/mol. The molecule has 6 rings (SSSR count). The first-order valence-electron chi connectivity index (χ1n) is 12.6. The van der Waals surface area contributed by atoms with Crippen LogP contribution in [0.4, 0.5) is 0 Å². The molecule has 0 saturated carbocycles. The zero-order chi connectivity index (χ0) is 27.0. The number of para-hydroxylation sites is 1. The van der Waals surface area contributed by atoms with Gasteiger partial charge in [-0.1, -0.05) is 92.5 Å². The van der Waals surface area contributed by atoms with Gasteiger partial charge in [0.05, 0.1) is 11.8 Å². The second-order valence-electron chi connectivity index (χ2n) is 9.62. The first-order valence-corrected chi connectivity index (χ1v) is 14.2. The van der Waals surface area contributed by atoms with E-state index in [1.807, 2.05) is 72.8 Å². The maximum absolute atomic E-state index is 14.1. The van der Waals surface area contributed by atoms with Crippen LogP contribution in [0.2, 0.25) is 0 Å². The van der Waals surface area contributed by atoms with Crippen LogP contribution in [0.5, 0.6) is 0 Å². The van der Waals surface area contributed by atoms with Crippen molar-refractivity contribution >= 4 is 54.7 Å². The van der Waals surface area contributed by atoms with E-state index in [-0.39, 0.29) is 5.91 Å². The molecule has 1 aromatic heterocycles. The zero-order valence-corrected chi connectivity index (χ0v) is 24.1. The number of halogens is 2. The summed E-state index contributed by atoms with van der Waals surface area (Å²) in [6.07, 6.45) is 4.10. The van der Waals surface area contributed by atoms with E-state index < -0.39 is 5.54 Å². The number of nitrogens with zero attached hydrogens (tertiary/aromatic N) is 3. The Balaban J connectivity index is 1.61. The van der Waals surface area contributed by atoms with E-state index in [0.717, 1.165) is 42.2 Å². The lowest BCUT2D eigenvalue weighted by atomic mass is 9.82. The molecular formula is C33H23Br2N3O. The summed E-state index contributed by atoms with van der Waals surface area (Å²) >= 11 is 7.06. The van der Waals surface area contributed by atoms with Crippen molar-refractivity contribution in [2.75, 3.05) is 0 Å². The lowest BCUT2D eigenvalue weighted by molar-refractivity contribution is 0.0688. The average molecular weight is 637 g/mol. The molecule has 5 aromatic rings. The number of aromatic nitrogens is 1. The van der Waals surface area contributed by atoms with Gasteiger partial charge in [-0.05, 0) is 59.7 Å². The van der Waals surface area contributed by atoms with Crippen molar-refractivity contribution in [1.82, 2.24) is 9.47 Å². The molecule has 0 fully saturated rings. The van der Waals surface area contributed by atoms with E-state index in [0.29, 0.717) is 18.5 Å². The standard InChI is InChI=1S/C33H23Br2N3O/c34-26-14-10-23(11-15-26)20-33(22-36)31-29(18-19-38(33)32(39)25-6-2-1-3-7-25)28-8-4-5-9-30(28)37(31)21-24-12-16-27(35)17-13-24/h1-19H,20-21H2. The highest BCUT2D eigenvalue weighted by Crippen LogP contribution is 2.44. The summed E-state index contributed by atoms with van der Waals surface area (Å²) in [5, 5.41) is 12.2. The zero-order valence-electron chi connectivity index (χ0n) is 20.9. The number of hydrogen-bond donors (Lipinski definition) is 0. The summed E-state index contributed by atoms with van der Waals surface area (Å²) < 4.78 is 4.18. The molecule has 6 heteroatoms. The van der Waals surface area contributed by atoms with Crippen molar-refractivity contribution in [2.45, 2.75) is 18.5 Å². The van der Waals surface area contributed by atoms with Gasteiger partial charge in [-0.2, -0.15) is 5.26 Å². The number of nitriles is 1.